The van der Waals surface area contributed by atoms with Gasteiger partial charge in [-0.3, -0.25) is 9.00 Å². The van der Waals surface area contributed by atoms with E-state index < -0.39 is 10.8 Å². The van der Waals surface area contributed by atoms with E-state index in [1.807, 2.05) is 0 Å². The molecule has 20 heavy (non-hydrogen) atoms. The van der Waals surface area contributed by atoms with Gasteiger partial charge < -0.3 is 9.47 Å². The summed E-state index contributed by atoms with van der Waals surface area (Å²) in [5.74, 6) is 0.647. The number of halogens is 1. The van der Waals surface area contributed by atoms with Crippen molar-refractivity contribution in [2.24, 2.45) is 0 Å². The molecule has 1 aliphatic heterocycles. The summed E-state index contributed by atoms with van der Waals surface area (Å²) >= 11 is 3.35. The van der Waals surface area contributed by atoms with E-state index in [2.05, 4.69) is 15.9 Å². The van der Waals surface area contributed by atoms with Crippen LogP contribution in [0.15, 0.2) is 22.7 Å². The summed E-state index contributed by atoms with van der Waals surface area (Å²) in [6.45, 7) is 1.28. The van der Waals surface area contributed by atoms with Gasteiger partial charge in [0.05, 0.1) is 17.3 Å². The fourth-order valence-electron chi connectivity index (χ4n) is 2.11. The number of ether oxygens (including phenoxy) is 2. The number of benzene rings is 1. The highest BCUT2D eigenvalue weighted by atomic mass is 79.9. The van der Waals surface area contributed by atoms with Gasteiger partial charge >= 0.3 is 0 Å². The number of hydrogen-bond donors (Lipinski definition) is 0. The number of carbonyl (C=O) groups excluding carboxylic acids is 1. The van der Waals surface area contributed by atoms with Crippen LogP contribution in [0.25, 0.3) is 0 Å². The summed E-state index contributed by atoms with van der Waals surface area (Å²) in [5, 5.41) is 0.0781. The molecule has 6 heteroatoms. The summed E-state index contributed by atoms with van der Waals surface area (Å²) in [4.78, 5) is 12.2. The zero-order chi connectivity index (χ0) is 14.5. The van der Waals surface area contributed by atoms with Gasteiger partial charge in [-0.05, 0) is 47.0 Å². The Morgan fingerprint density at radius 2 is 2.15 bits per heavy atom. The third-order valence-corrected chi connectivity index (χ3v) is 5.67. The number of hydrogen-bond acceptors (Lipinski definition) is 4. The van der Waals surface area contributed by atoms with Crippen LogP contribution in [0.1, 0.15) is 23.2 Å². The van der Waals surface area contributed by atoms with Crippen molar-refractivity contribution in [1.29, 1.82) is 0 Å². The molecule has 0 N–H and O–H groups in total. The highest BCUT2D eigenvalue weighted by Crippen LogP contribution is 2.26. The van der Waals surface area contributed by atoms with Crippen LogP contribution >= 0.6 is 15.9 Å². The first-order valence-corrected chi connectivity index (χ1v) is 8.61. The summed E-state index contributed by atoms with van der Waals surface area (Å²) in [6.07, 6.45) is 1.54. The van der Waals surface area contributed by atoms with Crippen LogP contribution in [0.3, 0.4) is 0 Å². The molecule has 0 bridgehead atoms. The first-order valence-electron chi connectivity index (χ1n) is 6.43. The van der Waals surface area contributed by atoms with Crippen LogP contribution in [0.5, 0.6) is 5.75 Å². The van der Waals surface area contributed by atoms with Crippen molar-refractivity contribution in [3.05, 3.63) is 28.2 Å². The molecule has 1 atom stereocenters. The SMILES string of the molecule is COc1ccc(C(=O)CS(=O)C2CCOCC2)cc1Br. The molecular formula is C14H17BrO4S. The zero-order valence-corrected chi connectivity index (χ0v) is 13.7. The molecule has 4 nitrogen and oxygen atoms in total. The van der Waals surface area contributed by atoms with Gasteiger partial charge in [0.2, 0.25) is 0 Å². The minimum absolute atomic E-state index is 0.0729. The van der Waals surface area contributed by atoms with Crippen molar-refractivity contribution in [1.82, 2.24) is 0 Å². The highest BCUT2D eigenvalue weighted by molar-refractivity contribution is 9.10. The summed E-state index contributed by atoms with van der Waals surface area (Å²) in [6, 6.07) is 5.14. The van der Waals surface area contributed by atoms with Crippen molar-refractivity contribution in [3.63, 3.8) is 0 Å². The fourth-order valence-corrected chi connectivity index (χ4v) is 4.03. The topological polar surface area (TPSA) is 52.6 Å². The maximum absolute atomic E-state index is 12.2. The van der Waals surface area contributed by atoms with Crippen molar-refractivity contribution in [3.8, 4) is 5.75 Å². The van der Waals surface area contributed by atoms with Crippen molar-refractivity contribution in [2.45, 2.75) is 18.1 Å². The van der Waals surface area contributed by atoms with E-state index in [0.29, 0.717) is 24.5 Å². The smallest absolute Gasteiger partial charge is 0.175 e. The number of ketones is 1. The third-order valence-electron chi connectivity index (χ3n) is 3.29. The van der Waals surface area contributed by atoms with Gasteiger partial charge in [0.25, 0.3) is 0 Å². The molecule has 0 radical (unpaired) electrons. The molecule has 1 aromatic rings. The lowest BCUT2D eigenvalue weighted by Crippen LogP contribution is -2.28. The Hall–Kier alpha value is -0.720. The van der Waals surface area contributed by atoms with Gasteiger partial charge in [-0.2, -0.15) is 0 Å². The Kier molecular flexibility index (Phi) is 5.74. The van der Waals surface area contributed by atoms with E-state index in [0.717, 1.165) is 17.3 Å². The van der Waals surface area contributed by atoms with Gasteiger partial charge in [0, 0.05) is 34.8 Å². The lowest BCUT2D eigenvalue weighted by molar-refractivity contribution is 0.0980. The third kappa shape index (κ3) is 3.90. The lowest BCUT2D eigenvalue weighted by atomic mass is 10.1. The molecular weight excluding hydrogens is 344 g/mol. The first-order chi connectivity index (χ1) is 9.61. The molecule has 1 fully saturated rings. The number of Topliss-reactive ketones (excluding diaryl/α,β-unsaturated/α-hetero) is 1. The molecule has 1 aromatic carbocycles. The van der Waals surface area contributed by atoms with E-state index in [1.54, 1.807) is 25.3 Å². The maximum Gasteiger partial charge on any atom is 0.175 e. The van der Waals surface area contributed by atoms with E-state index in [1.165, 1.54) is 0 Å². The van der Waals surface area contributed by atoms with E-state index >= 15 is 0 Å². The number of rotatable bonds is 5. The molecule has 1 heterocycles. The molecule has 0 aromatic heterocycles. The predicted octanol–water partition coefficient (Wildman–Crippen LogP) is 2.57. The van der Waals surface area contributed by atoms with Gasteiger partial charge in [0.15, 0.2) is 5.78 Å². The van der Waals surface area contributed by atoms with Crippen LogP contribution in [-0.2, 0) is 15.5 Å². The first kappa shape index (κ1) is 15.7. The minimum atomic E-state index is -1.13. The Labute approximate surface area is 129 Å². The monoisotopic (exact) mass is 360 g/mol. The zero-order valence-electron chi connectivity index (χ0n) is 11.3. The summed E-state index contributed by atoms with van der Waals surface area (Å²) in [5.41, 5.74) is 0.554. The van der Waals surface area contributed by atoms with Crippen LogP contribution < -0.4 is 4.74 Å². The second-order valence-electron chi connectivity index (χ2n) is 4.61. The number of methoxy groups -OCH3 is 1. The van der Waals surface area contributed by atoms with Gasteiger partial charge in [0.1, 0.15) is 5.75 Å². The molecule has 0 amide bonds. The van der Waals surface area contributed by atoms with Crippen molar-refractivity contribution in [2.75, 3.05) is 26.1 Å². The van der Waals surface area contributed by atoms with Crippen LogP contribution in [-0.4, -0.2) is 41.3 Å². The van der Waals surface area contributed by atoms with Crippen molar-refractivity contribution >= 4 is 32.5 Å². The maximum atomic E-state index is 12.2. The molecule has 0 aliphatic carbocycles. The summed E-state index contributed by atoms with van der Waals surface area (Å²) in [7, 11) is 0.444. The molecule has 1 saturated heterocycles. The Balaban J connectivity index is 2.00. The molecule has 0 spiro atoms. The van der Waals surface area contributed by atoms with Crippen LogP contribution in [0, 0.1) is 0 Å². The van der Waals surface area contributed by atoms with Crippen LogP contribution in [0.4, 0.5) is 0 Å². The summed E-state index contributed by atoms with van der Waals surface area (Å²) < 4.78 is 23.3. The van der Waals surface area contributed by atoms with E-state index in [9.17, 15) is 9.00 Å². The molecule has 2 rings (SSSR count). The minimum Gasteiger partial charge on any atom is -0.496 e. The van der Waals surface area contributed by atoms with Crippen molar-refractivity contribution < 1.29 is 18.5 Å². The molecule has 0 saturated carbocycles. The molecule has 1 aliphatic rings. The fraction of sp³-hybridized carbons (Fsp3) is 0.500. The normalized spacial score (nSPS) is 17.7. The number of carbonyl (C=O) groups is 1. The van der Waals surface area contributed by atoms with Gasteiger partial charge in [-0.1, -0.05) is 0 Å². The second-order valence-corrected chi connectivity index (χ2v) is 7.18. The highest BCUT2D eigenvalue weighted by Gasteiger charge is 2.23. The Bertz CT molecular complexity index is 512. The lowest BCUT2D eigenvalue weighted by Gasteiger charge is -2.21. The van der Waals surface area contributed by atoms with Gasteiger partial charge in [-0.15, -0.1) is 0 Å². The van der Waals surface area contributed by atoms with E-state index in [4.69, 9.17) is 9.47 Å². The standard InChI is InChI=1S/C14H17BrO4S/c1-18-14-3-2-10(8-12(14)15)13(16)9-20(17)11-4-6-19-7-5-11/h2-3,8,11H,4-7,9H2,1H3. The average Bonchev–Trinajstić information content (AvgIpc) is 2.48. The van der Waals surface area contributed by atoms with E-state index in [-0.39, 0.29) is 16.8 Å². The van der Waals surface area contributed by atoms with Crippen LogP contribution in [0.2, 0.25) is 0 Å². The van der Waals surface area contributed by atoms with Gasteiger partial charge in [-0.25, -0.2) is 0 Å². The predicted molar refractivity (Wildman–Crippen MR) is 81.9 cm³/mol. The molecule has 110 valence electrons. The average molecular weight is 361 g/mol. The Morgan fingerprint density at radius 3 is 2.75 bits per heavy atom. The largest absolute Gasteiger partial charge is 0.496 e. The quantitative estimate of drug-likeness (QED) is 0.757. The Morgan fingerprint density at radius 1 is 1.45 bits per heavy atom. The second kappa shape index (κ2) is 7.33. The molecule has 1 unspecified atom stereocenters.